The number of carbonyl (C=O) groups is 1. The summed E-state index contributed by atoms with van der Waals surface area (Å²) < 4.78 is 4.55. The van der Waals surface area contributed by atoms with E-state index in [2.05, 4.69) is 4.74 Å². The highest BCUT2D eigenvalue weighted by Crippen LogP contribution is 1.97. The minimum absolute atomic E-state index is 0.394. The Kier molecular flexibility index (Phi) is 3.99. The van der Waals surface area contributed by atoms with Crippen molar-refractivity contribution in [1.82, 2.24) is 0 Å². The first kappa shape index (κ1) is 9.39. The molecule has 10 heavy (non-hydrogen) atoms. The second-order valence-corrected chi connectivity index (χ2v) is 2.06. The van der Waals surface area contributed by atoms with E-state index < -0.39 is 24.8 Å². The van der Waals surface area contributed by atoms with Gasteiger partial charge in [-0.3, -0.25) is 4.79 Å². The number of carbonyl (C=O) groups excluding carboxylic acids is 1. The van der Waals surface area contributed by atoms with Crippen LogP contribution in [-0.4, -0.2) is 35.0 Å². The summed E-state index contributed by atoms with van der Waals surface area (Å²) in [5, 5.41) is 17.2. The summed E-state index contributed by atoms with van der Waals surface area (Å²) in [5.74, 6) is -0.458. The Balaban J connectivity index is 3.61. The van der Waals surface area contributed by atoms with Crippen LogP contribution in [0.5, 0.6) is 0 Å². The van der Waals surface area contributed by atoms with Crippen LogP contribution in [0.1, 0.15) is 13.8 Å². The molecule has 0 saturated heterocycles. The summed E-state index contributed by atoms with van der Waals surface area (Å²) in [7, 11) is 0. The predicted octanol–water partition coefficient (Wildman–Crippen LogP) is -0.709. The molecule has 0 aliphatic heterocycles. The van der Waals surface area contributed by atoms with Gasteiger partial charge in [-0.15, -0.1) is 0 Å². The summed E-state index contributed by atoms with van der Waals surface area (Å²) in [6, 6.07) is 0. The van der Waals surface area contributed by atoms with Gasteiger partial charge in [0, 0.05) is 6.92 Å². The maximum Gasteiger partial charge on any atom is 0.302 e. The average Bonchev–Trinajstić information content (AvgIpc) is 1.85. The van der Waals surface area contributed by atoms with Crippen LogP contribution in [0.25, 0.3) is 0 Å². The van der Waals surface area contributed by atoms with Crippen molar-refractivity contribution in [2.45, 2.75) is 26.1 Å². The largest absolute Gasteiger partial charge is 0.460 e. The summed E-state index contributed by atoms with van der Waals surface area (Å²) in [4.78, 5) is 10.3. The zero-order valence-electron chi connectivity index (χ0n) is 6.07. The van der Waals surface area contributed by atoms with E-state index >= 15 is 0 Å². The lowest BCUT2D eigenvalue weighted by molar-refractivity contribution is -0.152. The molecule has 0 rings (SSSR count). The van der Waals surface area contributed by atoms with E-state index in [9.17, 15) is 4.79 Å². The standard InChI is InChI=1S/C6H12O4/c1-4(6(9)3-7)10-5(2)8/h4,6-7,9H,3H2,1-2H3/t4-,6+/m1/s1. The molecule has 0 amide bonds. The molecule has 2 N–H and O–H groups in total. The van der Waals surface area contributed by atoms with Crippen molar-refractivity contribution in [3.8, 4) is 0 Å². The third kappa shape index (κ3) is 3.42. The lowest BCUT2D eigenvalue weighted by Crippen LogP contribution is -2.30. The van der Waals surface area contributed by atoms with Crippen LogP contribution < -0.4 is 0 Å². The third-order valence-corrected chi connectivity index (χ3v) is 1.08. The minimum Gasteiger partial charge on any atom is -0.460 e. The molecule has 0 aromatic carbocycles. The molecule has 60 valence electrons. The fourth-order valence-electron chi connectivity index (χ4n) is 0.489. The molecule has 2 atom stereocenters. The number of aliphatic hydroxyl groups excluding tert-OH is 2. The van der Waals surface area contributed by atoms with Crippen LogP contribution >= 0.6 is 0 Å². The molecule has 0 unspecified atom stereocenters. The van der Waals surface area contributed by atoms with Gasteiger partial charge in [-0.05, 0) is 6.92 Å². The van der Waals surface area contributed by atoms with E-state index in [-0.39, 0.29) is 0 Å². The molecule has 4 heteroatoms. The van der Waals surface area contributed by atoms with E-state index in [1.54, 1.807) is 0 Å². The second kappa shape index (κ2) is 4.24. The van der Waals surface area contributed by atoms with Crippen LogP contribution in [0.3, 0.4) is 0 Å². The molecule has 0 bridgehead atoms. The van der Waals surface area contributed by atoms with E-state index in [1.807, 2.05) is 0 Å². The highest BCUT2D eigenvalue weighted by atomic mass is 16.6. The summed E-state index contributed by atoms with van der Waals surface area (Å²) in [5.41, 5.74) is 0. The van der Waals surface area contributed by atoms with Crippen LogP contribution in [0, 0.1) is 0 Å². The van der Waals surface area contributed by atoms with Crippen LogP contribution in [0.2, 0.25) is 0 Å². The molecule has 4 nitrogen and oxygen atoms in total. The summed E-state index contributed by atoms with van der Waals surface area (Å²) >= 11 is 0. The Bertz CT molecular complexity index is 112. The lowest BCUT2D eigenvalue weighted by Gasteiger charge is -2.15. The monoisotopic (exact) mass is 148 g/mol. The minimum atomic E-state index is -0.983. The van der Waals surface area contributed by atoms with Gasteiger partial charge in [-0.2, -0.15) is 0 Å². The Labute approximate surface area is 59.4 Å². The first-order valence-corrected chi connectivity index (χ1v) is 3.04. The van der Waals surface area contributed by atoms with Crippen molar-refractivity contribution in [3.05, 3.63) is 0 Å². The van der Waals surface area contributed by atoms with Crippen LogP contribution in [0.15, 0.2) is 0 Å². The van der Waals surface area contributed by atoms with Gasteiger partial charge in [0.05, 0.1) is 6.61 Å². The molecule has 0 aromatic rings. The van der Waals surface area contributed by atoms with E-state index in [0.29, 0.717) is 0 Å². The van der Waals surface area contributed by atoms with Gasteiger partial charge in [-0.1, -0.05) is 0 Å². The van der Waals surface area contributed by atoms with E-state index in [0.717, 1.165) is 0 Å². The number of esters is 1. The zero-order valence-corrected chi connectivity index (χ0v) is 6.07. The lowest BCUT2D eigenvalue weighted by atomic mass is 10.2. The molecule has 0 fully saturated rings. The van der Waals surface area contributed by atoms with Crippen LogP contribution in [-0.2, 0) is 9.53 Å². The second-order valence-electron chi connectivity index (χ2n) is 2.06. The Morgan fingerprint density at radius 3 is 2.50 bits per heavy atom. The quantitative estimate of drug-likeness (QED) is 0.519. The molecular formula is C6H12O4. The SMILES string of the molecule is CC(=O)O[C@H](C)[C@@H](O)CO. The summed E-state index contributed by atoms with van der Waals surface area (Å²) in [6.07, 6.45) is -1.62. The Morgan fingerprint density at radius 1 is 1.70 bits per heavy atom. The highest BCUT2D eigenvalue weighted by Gasteiger charge is 2.14. The van der Waals surface area contributed by atoms with Gasteiger partial charge in [0.25, 0.3) is 0 Å². The number of hydrogen-bond acceptors (Lipinski definition) is 4. The average molecular weight is 148 g/mol. The van der Waals surface area contributed by atoms with Gasteiger partial charge in [-0.25, -0.2) is 0 Å². The third-order valence-electron chi connectivity index (χ3n) is 1.08. The van der Waals surface area contributed by atoms with Crippen molar-refractivity contribution in [1.29, 1.82) is 0 Å². The van der Waals surface area contributed by atoms with Crippen molar-refractivity contribution in [2.24, 2.45) is 0 Å². The van der Waals surface area contributed by atoms with Crippen molar-refractivity contribution < 1.29 is 19.7 Å². The van der Waals surface area contributed by atoms with Crippen LogP contribution in [0.4, 0.5) is 0 Å². The fourth-order valence-corrected chi connectivity index (χ4v) is 0.489. The Hall–Kier alpha value is -0.610. The maximum atomic E-state index is 10.3. The number of ether oxygens (including phenoxy) is 1. The normalized spacial score (nSPS) is 16.0. The predicted molar refractivity (Wildman–Crippen MR) is 34.3 cm³/mol. The van der Waals surface area contributed by atoms with E-state index in [4.69, 9.17) is 10.2 Å². The first-order chi connectivity index (χ1) is 4.57. The van der Waals surface area contributed by atoms with Crippen molar-refractivity contribution >= 4 is 5.97 Å². The van der Waals surface area contributed by atoms with Crippen molar-refractivity contribution in [2.75, 3.05) is 6.61 Å². The molecule has 0 radical (unpaired) electrons. The molecule has 0 aliphatic rings. The van der Waals surface area contributed by atoms with Gasteiger partial charge < -0.3 is 14.9 Å². The van der Waals surface area contributed by atoms with Gasteiger partial charge in [0.2, 0.25) is 0 Å². The smallest absolute Gasteiger partial charge is 0.302 e. The van der Waals surface area contributed by atoms with Crippen molar-refractivity contribution in [3.63, 3.8) is 0 Å². The number of hydrogen-bond donors (Lipinski definition) is 2. The first-order valence-electron chi connectivity index (χ1n) is 3.04. The zero-order chi connectivity index (χ0) is 8.15. The maximum absolute atomic E-state index is 10.3. The Morgan fingerprint density at radius 2 is 2.20 bits per heavy atom. The van der Waals surface area contributed by atoms with E-state index in [1.165, 1.54) is 13.8 Å². The molecular weight excluding hydrogens is 136 g/mol. The molecule has 0 aromatic heterocycles. The number of aliphatic hydroxyl groups is 2. The molecule has 0 saturated carbocycles. The molecule has 0 heterocycles. The summed E-state index contributed by atoms with van der Waals surface area (Å²) in [6.45, 7) is 2.37. The van der Waals surface area contributed by atoms with Gasteiger partial charge in [0.15, 0.2) is 0 Å². The molecule has 0 aliphatic carbocycles. The molecule has 0 spiro atoms. The number of rotatable bonds is 3. The highest BCUT2D eigenvalue weighted by molar-refractivity contribution is 5.66. The van der Waals surface area contributed by atoms with Gasteiger partial charge in [0.1, 0.15) is 12.2 Å². The fraction of sp³-hybridized carbons (Fsp3) is 0.833. The topological polar surface area (TPSA) is 66.8 Å². The van der Waals surface area contributed by atoms with Gasteiger partial charge >= 0.3 is 5.97 Å².